The summed E-state index contributed by atoms with van der Waals surface area (Å²) < 4.78 is 36.0. The Hall–Kier alpha value is -3.27. The summed E-state index contributed by atoms with van der Waals surface area (Å²) in [6, 6.07) is 9.10. The number of alkyl halides is 2. The number of aromatic nitrogens is 4. The first kappa shape index (κ1) is 19.5. The fourth-order valence-corrected chi connectivity index (χ4v) is 2.72. The number of ether oxygens (including phenoxy) is 2. The van der Waals surface area contributed by atoms with E-state index in [0.29, 0.717) is 11.3 Å². The molecule has 3 rings (SSSR count). The Kier molecular flexibility index (Phi) is 5.99. The van der Waals surface area contributed by atoms with Crippen LogP contribution in [-0.4, -0.2) is 39.8 Å². The van der Waals surface area contributed by atoms with Gasteiger partial charge in [0.15, 0.2) is 0 Å². The zero-order chi connectivity index (χ0) is 20.1. The number of rotatable bonds is 7. The van der Waals surface area contributed by atoms with Crippen molar-refractivity contribution in [1.82, 2.24) is 25.5 Å². The molecular formula is C17H14ClF2N5O3. The van der Waals surface area contributed by atoms with Gasteiger partial charge in [-0.1, -0.05) is 29.8 Å². The molecule has 0 radical (unpaired) electrons. The van der Waals surface area contributed by atoms with Crippen molar-refractivity contribution in [2.45, 2.75) is 13.2 Å². The molecule has 0 aliphatic heterocycles. The summed E-state index contributed by atoms with van der Waals surface area (Å²) in [4.78, 5) is 12.6. The second-order valence-corrected chi connectivity index (χ2v) is 5.83. The molecule has 8 nitrogen and oxygen atoms in total. The van der Waals surface area contributed by atoms with Crippen molar-refractivity contribution < 1.29 is 23.0 Å². The van der Waals surface area contributed by atoms with Crippen molar-refractivity contribution in [3.8, 4) is 17.2 Å². The largest absolute Gasteiger partial charge is 0.496 e. The smallest absolute Gasteiger partial charge is 0.387 e. The highest BCUT2D eigenvalue weighted by Crippen LogP contribution is 2.29. The van der Waals surface area contributed by atoms with E-state index in [4.69, 9.17) is 16.3 Å². The summed E-state index contributed by atoms with van der Waals surface area (Å²) in [5.41, 5.74) is 0.985. The van der Waals surface area contributed by atoms with E-state index in [1.54, 1.807) is 18.2 Å². The maximum Gasteiger partial charge on any atom is 0.387 e. The first-order valence-corrected chi connectivity index (χ1v) is 8.29. The van der Waals surface area contributed by atoms with Gasteiger partial charge in [-0.05, 0) is 22.6 Å². The summed E-state index contributed by atoms with van der Waals surface area (Å²) in [5, 5.41) is 13.7. The Labute approximate surface area is 163 Å². The number of benzene rings is 2. The molecule has 0 fully saturated rings. The molecule has 0 bridgehead atoms. The second kappa shape index (κ2) is 8.61. The van der Waals surface area contributed by atoms with Crippen LogP contribution < -0.4 is 14.8 Å². The first-order valence-electron chi connectivity index (χ1n) is 7.91. The zero-order valence-corrected chi connectivity index (χ0v) is 15.2. The molecule has 3 aromatic rings. The monoisotopic (exact) mass is 409 g/mol. The molecule has 1 heterocycles. The number of amides is 1. The highest BCUT2D eigenvalue weighted by molar-refractivity contribution is 6.33. The molecule has 0 saturated heterocycles. The number of nitrogens with zero attached hydrogens (tertiary/aromatic N) is 4. The molecule has 1 aromatic heterocycles. The van der Waals surface area contributed by atoms with Crippen LogP contribution in [-0.2, 0) is 6.54 Å². The van der Waals surface area contributed by atoms with Gasteiger partial charge in [-0.25, -0.2) is 0 Å². The number of para-hydroxylation sites is 1. The molecule has 0 aliphatic rings. The van der Waals surface area contributed by atoms with E-state index in [-0.39, 0.29) is 28.6 Å². The Bertz CT molecular complexity index is 969. The fraction of sp³-hybridized carbons (Fsp3) is 0.176. The minimum Gasteiger partial charge on any atom is -0.496 e. The number of carbonyl (C=O) groups is 1. The lowest BCUT2D eigenvalue weighted by Gasteiger charge is -2.14. The predicted molar refractivity (Wildman–Crippen MR) is 95.0 cm³/mol. The standard InChI is InChI=1S/C17H14ClF2N5O3/c1-27-15-7-13(25-9-22-23-24-25)12(18)6-11(15)16(26)21-8-10-4-2-3-5-14(10)28-17(19)20/h2-7,9,17H,8H2,1H3,(H,21,26). The number of halogens is 3. The summed E-state index contributed by atoms with van der Waals surface area (Å²) in [5.74, 6) is -0.282. The minimum absolute atomic E-state index is 0.0168. The van der Waals surface area contributed by atoms with Gasteiger partial charge in [0.25, 0.3) is 5.91 Å². The lowest BCUT2D eigenvalue weighted by atomic mass is 10.1. The molecule has 1 amide bonds. The van der Waals surface area contributed by atoms with Crippen LogP contribution in [0.2, 0.25) is 5.02 Å². The van der Waals surface area contributed by atoms with E-state index >= 15 is 0 Å². The minimum atomic E-state index is -2.96. The summed E-state index contributed by atoms with van der Waals surface area (Å²) in [6.07, 6.45) is 1.35. The molecule has 0 saturated carbocycles. The van der Waals surface area contributed by atoms with E-state index in [1.807, 2.05) is 0 Å². The second-order valence-electron chi connectivity index (χ2n) is 5.43. The SMILES string of the molecule is COc1cc(-n2cnnn2)c(Cl)cc1C(=O)NCc1ccccc1OC(F)F. The highest BCUT2D eigenvalue weighted by atomic mass is 35.5. The highest BCUT2D eigenvalue weighted by Gasteiger charge is 2.18. The summed E-state index contributed by atoms with van der Waals surface area (Å²) in [7, 11) is 1.40. The van der Waals surface area contributed by atoms with E-state index in [2.05, 4.69) is 25.6 Å². The summed E-state index contributed by atoms with van der Waals surface area (Å²) >= 11 is 6.24. The van der Waals surface area contributed by atoms with Crippen LogP contribution in [0.5, 0.6) is 11.5 Å². The number of hydrogen-bond acceptors (Lipinski definition) is 6. The third-order valence-corrected chi connectivity index (χ3v) is 4.04. The van der Waals surface area contributed by atoms with Crippen LogP contribution in [0.3, 0.4) is 0 Å². The van der Waals surface area contributed by atoms with Gasteiger partial charge in [0.2, 0.25) is 0 Å². The molecule has 146 valence electrons. The quantitative estimate of drug-likeness (QED) is 0.645. The zero-order valence-electron chi connectivity index (χ0n) is 14.5. The van der Waals surface area contributed by atoms with E-state index in [9.17, 15) is 13.6 Å². The van der Waals surface area contributed by atoms with Gasteiger partial charge < -0.3 is 14.8 Å². The number of nitrogens with one attached hydrogen (secondary N) is 1. The van der Waals surface area contributed by atoms with Gasteiger partial charge in [-0.2, -0.15) is 13.5 Å². The lowest BCUT2D eigenvalue weighted by Crippen LogP contribution is -2.24. The van der Waals surface area contributed by atoms with E-state index < -0.39 is 12.5 Å². The van der Waals surface area contributed by atoms with Crippen molar-refractivity contribution in [2.24, 2.45) is 0 Å². The van der Waals surface area contributed by atoms with Crippen molar-refractivity contribution in [3.63, 3.8) is 0 Å². The molecule has 2 aromatic carbocycles. The maximum atomic E-state index is 12.6. The molecule has 0 unspecified atom stereocenters. The first-order chi connectivity index (χ1) is 13.5. The molecule has 1 N–H and O–H groups in total. The molecule has 0 spiro atoms. The van der Waals surface area contributed by atoms with Crippen LogP contribution in [0, 0.1) is 0 Å². The number of methoxy groups -OCH3 is 1. The van der Waals surface area contributed by atoms with Crippen molar-refractivity contribution >= 4 is 17.5 Å². The van der Waals surface area contributed by atoms with Crippen LogP contribution in [0.4, 0.5) is 8.78 Å². The number of hydrogen-bond donors (Lipinski definition) is 1. The Balaban J connectivity index is 1.81. The molecule has 0 atom stereocenters. The Morgan fingerprint density at radius 2 is 2.07 bits per heavy atom. The van der Waals surface area contributed by atoms with Crippen LogP contribution in [0.15, 0.2) is 42.7 Å². The van der Waals surface area contributed by atoms with E-state index in [1.165, 1.54) is 36.3 Å². The Morgan fingerprint density at radius 3 is 2.75 bits per heavy atom. The van der Waals surface area contributed by atoms with Gasteiger partial charge in [-0.15, -0.1) is 5.10 Å². The molecular weight excluding hydrogens is 396 g/mol. The topological polar surface area (TPSA) is 91.2 Å². The van der Waals surface area contributed by atoms with Gasteiger partial charge in [0.1, 0.15) is 17.8 Å². The average Bonchev–Trinajstić information content (AvgIpc) is 3.21. The van der Waals surface area contributed by atoms with Crippen molar-refractivity contribution in [2.75, 3.05) is 7.11 Å². The maximum absolute atomic E-state index is 12.6. The normalized spacial score (nSPS) is 10.8. The molecule has 0 aliphatic carbocycles. The fourth-order valence-electron chi connectivity index (χ4n) is 2.47. The summed E-state index contributed by atoms with van der Waals surface area (Å²) in [6.45, 7) is -2.99. The third kappa shape index (κ3) is 4.34. The van der Waals surface area contributed by atoms with Crippen LogP contribution in [0.1, 0.15) is 15.9 Å². The Morgan fingerprint density at radius 1 is 1.29 bits per heavy atom. The van der Waals surface area contributed by atoms with Gasteiger partial charge in [-0.3, -0.25) is 4.79 Å². The average molecular weight is 410 g/mol. The number of tetrazole rings is 1. The third-order valence-electron chi connectivity index (χ3n) is 3.74. The van der Waals surface area contributed by atoms with E-state index in [0.717, 1.165) is 0 Å². The number of carbonyl (C=O) groups excluding carboxylic acids is 1. The van der Waals surface area contributed by atoms with Crippen LogP contribution >= 0.6 is 11.6 Å². The van der Waals surface area contributed by atoms with Crippen molar-refractivity contribution in [3.05, 3.63) is 58.9 Å². The molecule has 28 heavy (non-hydrogen) atoms. The van der Waals surface area contributed by atoms with Crippen molar-refractivity contribution in [1.29, 1.82) is 0 Å². The van der Waals surface area contributed by atoms with Gasteiger partial charge in [0, 0.05) is 18.2 Å². The predicted octanol–water partition coefficient (Wildman–Crippen LogP) is 2.86. The van der Waals surface area contributed by atoms with Gasteiger partial charge >= 0.3 is 6.61 Å². The van der Waals surface area contributed by atoms with Crippen LogP contribution in [0.25, 0.3) is 5.69 Å². The van der Waals surface area contributed by atoms with Gasteiger partial charge in [0.05, 0.1) is 23.4 Å². The molecule has 11 heteroatoms. The lowest BCUT2D eigenvalue weighted by molar-refractivity contribution is -0.0504.